The van der Waals surface area contributed by atoms with E-state index in [9.17, 15) is 13.2 Å². The molecule has 0 radical (unpaired) electrons. The maximum atomic E-state index is 13.0. The molecule has 0 aromatic heterocycles. The molecule has 1 heterocycles. The van der Waals surface area contributed by atoms with Crippen LogP contribution in [0.5, 0.6) is 11.5 Å². The van der Waals surface area contributed by atoms with Gasteiger partial charge >= 0.3 is 0 Å². The summed E-state index contributed by atoms with van der Waals surface area (Å²) in [7, 11) is -0.712. The minimum absolute atomic E-state index is 0.194. The maximum Gasteiger partial charge on any atom is 0.243 e. The summed E-state index contributed by atoms with van der Waals surface area (Å²) in [6.45, 7) is 2.21. The molecule has 1 amide bonds. The molecule has 2 aromatic rings. The lowest BCUT2D eigenvalue weighted by Gasteiger charge is -2.24. The Balaban J connectivity index is 1.83. The fourth-order valence-corrected chi connectivity index (χ4v) is 4.91. The molecule has 28 heavy (non-hydrogen) atoms. The first kappa shape index (κ1) is 20.2. The van der Waals surface area contributed by atoms with Crippen LogP contribution in [0.2, 0.25) is 0 Å². The third-order valence-electron chi connectivity index (χ3n) is 4.80. The lowest BCUT2D eigenvalue weighted by Crippen LogP contribution is -2.43. The molecule has 0 saturated carbocycles. The van der Waals surface area contributed by atoms with E-state index in [0.717, 1.165) is 5.56 Å². The van der Waals surface area contributed by atoms with Crippen LogP contribution in [0.1, 0.15) is 18.4 Å². The standard InChI is InChI=1S/C20H24N2O5S/c1-14-6-9-16(10-7-14)28(24,25)22-12-4-5-18(22)20(23)21-17-11-8-15(26-2)13-19(17)27-3/h6-11,13,18H,4-5,12H2,1-3H3,(H,21,23)/t18-/m0/s1. The molecule has 8 heteroatoms. The molecule has 0 bridgehead atoms. The van der Waals surface area contributed by atoms with Crippen LogP contribution in [-0.2, 0) is 14.8 Å². The highest BCUT2D eigenvalue weighted by molar-refractivity contribution is 7.89. The second kappa shape index (κ2) is 8.20. The molecule has 2 aromatic carbocycles. The van der Waals surface area contributed by atoms with Gasteiger partial charge in [-0.1, -0.05) is 17.7 Å². The molecular weight excluding hydrogens is 380 g/mol. The highest BCUT2D eigenvalue weighted by Crippen LogP contribution is 2.31. The molecular formula is C20H24N2O5S. The van der Waals surface area contributed by atoms with Gasteiger partial charge < -0.3 is 14.8 Å². The summed E-state index contributed by atoms with van der Waals surface area (Å²) >= 11 is 0. The maximum absolute atomic E-state index is 13.0. The molecule has 1 N–H and O–H groups in total. The number of nitrogens with zero attached hydrogens (tertiary/aromatic N) is 1. The van der Waals surface area contributed by atoms with E-state index in [-0.39, 0.29) is 10.8 Å². The topological polar surface area (TPSA) is 84.9 Å². The van der Waals surface area contributed by atoms with Crippen molar-refractivity contribution >= 4 is 21.6 Å². The summed E-state index contributed by atoms with van der Waals surface area (Å²) in [5, 5.41) is 2.79. The van der Waals surface area contributed by atoms with Crippen LogP contribution in [0.3, 0.4) is 0 Å². The fourth-order valence-electron chi connectivity index (χ4n) is 3.25. The van der Waals surface area contributed by atoms with Crippen molar-refractivity contribution in [2.45, 2.75) is 30.7 Å². The van der Waals surface area contributed by atoms with Gasteiger partial charge in [0.05, 0.1) is 24.8 Å². The average molecular weight is 404 g/mol. The van der Waals surface area contributed by atoms with E-state index < -0.39 is 16.1 Å². The van der Waals surface area contributed by atoms with Gasteiger partial charge in [-0.05, 0) is 44.0 Å². The van der Waals surface area contributed by atoms with Gasteiger partial charge in [-0.3, -0.25) is 4.79 Å². The summed E-state index contributed by atoms with van der Waals surface area (Å²) in [5.41, 5.74) is 1.44. The van der Waals surface area contributed by atoms with Crippen molar-refractivity contribution in [1.29, 1.82) is 0 Å². The number of hydrogen-bond donors (Lipinski definition) is 1. The molecule has 1 fully saturated rings. The number of benzene rings is 2. The molecule has 1 saturated heterocycles. The Hall–Kier alpha value is -2.58. The van der Waals surface area contributed by atoms with E-state index in [1.54, 1.807) is 49.6 Å². The number of sulfonamides is 1. The highest BCUT2D eigenvalue weighted by Gasteiger charge is 2.39. The summed E-state index contributed by atoms with van der Waals surface area (Å²) in [6.07, 6.45) is 1.10. The van der Waals surface area contributed by atoms with E-state index >= 15 is 0 Å². The number of nitrogens with one attached hydrogen (secondary N) is 1. The third-order valence-corrected chi connectivity index (χ3v) is 6.72. The van der Waals surface area contributed by atoms with Crippen LogP contribution in [0.4, 0.5) is 5.69 Å². The SMILES string of the molecule is COc1ccc(NC(=O)[C@@H]2CCCN2S(=O)(=O)c2ccc(C)cc2)c(OC)c1. The van der Waals surface area contributed by atoms with E-state index in [2.05, 4.69) is 5.32 Å². The Morgan fingerprint density at radius 3 is 2.46 bits per heavy atom. The van der Waals surface area contributed by atoms with Crippen molar-refractivity contribution in [3.63, 3.8) is 0 Å². The second-order valence-electron chi connectivity index (χ2n) is 6.64. The quantitative estimate of drug-likeness (QED) is 0.800. The highest BCUT2D eigenvalue weighted by atomic mass is 32.2. The van der Waals surface area contributed by atoms with Crippen molar-refractivity contribution in [1.82, 2.24) is 4.31 Å². The number of carbonyl (C=O) groups excluding carboxylic acids is 1. The molecule has 0 aliphatic carbocycles. The van der Waals surface area contributed by atoms with Crippen molar-refractivity contribution < 1.29 is 22.7 Å². The van der Waals surface area contributed by atoms with Crippen molar-refractivity contribution in [3.8, 4) is 11.5 Å². The van der Waals surface area contributed by atoms with E-state index in [4.69, 9.17) is 9.47 Å². The number of rotatable bonds is 6. The first-order valence-corrected chi connectivity index (χ1v) is 10.4. The summed E-state index contributed by atoms with van der Waals surface area (Å²) in [4.78, 5) is 13.1. The largest absolute Gasteiger partial charge is 0.497 e. The van der Waals surface area contributed by atoms with Crippen LogP contribution < -0.4 is 14.8 Å². The molecule has 3 rings (SSSR count). The van der Waals surface area contributed by atoms with Crippen LogP contribution in [-0.4, -0.2) is 45.4 Å². The first-order chi connectivity index (χ1) is 13.4. The number of anilines is 1. The van der Waals surface area contributed by atoms with Crippen molar-refractivity contribution in [2.24, 2.45) is 0 Å². The minimum Gasteiger partial charge on any atom is -0.497 e. The molecule has 1 aliphatic heterocycles. The molecule has 1 aliphatic rings. The molecule has 7 nitrogen and oxygen atoms in total. The predicted octanol–water partition coefficient (Wildman–Crippen LogP) is 2.80. The Bertz CT molecular complexity index is 957. The molecule has 1 atom stereocenters. The first-order valence-electron chi connectivity index (χ1n) is 8.98. The van der Waals surface area contributed by atoms with E-state index in [1.807, 2.05) is 6.92 Å². The van der Waals surface area contributed by atoms with Crippen LogP contribution in [0.15, 0.2) is 47.4 Å². The number of carbonyl (C=O) groups is 1. The zero-order valence-electron chi connectivity index (χ0n) is 16.1. The summed E-state index contributed by atoms with van der Waals surface area (Å²) in [6, 6.07) is 10.9. The van der Waals surface area contributed by atoms with E-state index in [0.29, 0.717) is 36.6 Å². The van der Waals surface area contributed by atoms with Gasteiger partial charge in [0.1, 0.15) is 17.5 Å². The number of methoxy groups -OCH3 is 2. The second-order valence-corrected chi connectivity index (χ2v) is 8.53. The van der Waals surface area contributed by atoms with Gasteiger partial charge in [0.2, 0.25) is 15.9 Å². The van der Waals surface area contributed by atoms with E-state index in [1.165, 1.54) is 11.4 Å². The number of ether oxygens (including phenoxy) is 2. The van der Waals surface area contributed by atoms with Crippen molar-refractivity contribution in [3.05, 3.63) is 48.0 Å². The number of hydrogen-bond acceptors (Lipinski definition) is 5. The number of aryl methyl sites for hydroxylation is 1. The smallest absolute Gasteiger partial charge is 0.243 e. The van der Waals surface area contributed by atoms with Gasteiger partial charge in [-0.2, -0.15) is 4.31 Å². The Morgan fingerprint density at radius 2 is 1.82 bits per heavy atom. The zero-order valence-corrected chi connectivity index (χ0v) is 17.0. The lowest BCUT2D eigenvalue weighted by molar-refractivity contribution is -0.119. The van der Waals surface area contributed by atoms with Crippen LogP contribution in [0, 0.1) is 6.92 Å². The average Bonchev–Trinajstić information content (AvgIpc) is 3.19. The normalized spacial score (nSPS) is 17.3. The third kappa shape index (κ3) is 3.98. The molecule has 0 spiro atoms. The Labute approximate surface area is 165 Å². The predicted molar refractivity (Wildman–Crippen MR) is 106 cm³/mol. The zero-order chi connectivity index (χ0) is 20.3. The summed E-state index contributed by atoms with van der Waals surface area (Å²) < 4.78 is 37.8. The van der Waals surface area contributed by atoms with Crippen molar-refractivity contribution in [2.75, 3.05) is 26.1 Å². The Kier molecular flexibility index (Phi) is 5.90. The summed E-state index contributed by atoms with van der Waals surface area (Å²) in [5.74, 6) is 0.662. The minimum atomic E-state index is -3.75. The fraction of sp³-hybridized carbons (Fsp3) is 0.350. The van der Waals surface area contributed by atoms with Gasteiger partial charge in [0.15, 0.2) is 0 Å². The molecule has 0 unspecified atom stereocenters. The monoisotopic (exact) mass is 404 g/mol. The van der Waals surface area contributed by atoms with Gasteiger partial charge in [-0.15, -0.1) is 0 Å². The lowest BCUT2D eigenvalue weighted by atomic mass is 10.2. The van der Waals surface area contributed by atoms with Gasteiger partial charge in [-0.25, -0.2) is 8.42 Å². The van der Waals surface area contributed by atoms with Crippen LogP contribution in [0.25, 0.3) is 0 Å². The molecule has 150 valence electrons. The van der Waals surface area contributed by atoms with Crippen LogP contribution >= 0.6 is 0 Å². The van der Waals surface area contributed by atoms with Gasteiger partial charge in [0, 0.05) is 12.6 Å². The van der Waals surface area contributed by atoms with Gasteiger partial charge in [0.25, 0.3) is 0 Å². The number of amides is 1. The Morgan fingerprint density at radius 1 is 1.11 bits per heavy atom.